The van der Waals surface area contributed by atoms with Gasteiger partial charge in [-0.05, 0) is 11.6 Å². The summed E-state index contributed by atoms with van der Waals surface area (Å²) < 4.78 is 0. The van der Waals surface area contributed by atoms with E-state index in [2.05, 4.69) is 17.2 Å². The Bertz CT molecular complexity index is 464. The van der Waals surface area contributed by atoms with E-state index in [0.29, 0.717) is 6.54 Å². The number of amides is 2. The first-order valence-corrected chi connectivity index (χ1v) is 5.57. The van der Waals surface area contributed by atoms with E-state index in [1.165, 1.54) is 6.92 Å². The second-order valence-corrected chi connectivity index (χ2v) is 3.65. The molecule has 0 heterocycles. The lowest BCUT2D eigenvalue weighted by Crippen LogP contribution is -2.33. The molecule has 0 bridgehead atoms. The summed E-state index contributed by atoms with van der Waals surface area (Å²) in [6.45, 7) is 5.23. The van der Waals surface area contributed by atoms with Gasteiger partial charge in [0, 0.05) is 13.5 Å². The predicted octanol–water partition coefficient (Wildman–Crippen LogP) is 1.47. The van der Waals surface area contributed by atoms with Gasteiger partial charge in [0.1, 0.15) is 5.70 Å². The molecule has 0 aliphatic heterocycles. The largest absolute Gasteiger partial charge is 0.347 e. The Morgan fingerprint density at radius 1 is 1.28 bits per heavy atom. The molecule has 0 saturated heterocycles. The first-order chi connectivity index (χ1) is 8.63. The lowest BCUT2D eigenvalue weighted by molar-refractivity contribution is -0.122. The molecule has 4 nitrogen and oxygen atoms in total. The van der Waals surface area contributed by atoms with Crippen LogP contribution in [0.5, 0.6) is 0 Å². The number of nitrogens with one attached hydrogen (secondary N) is 2. The molecule has 0 spiro atoms. The van der Waals surface area contributed by atoms with Crippen LogP contribution in [0.25, 0.3) is 6.08 Å². The Morgan fingerprint density at radius 3 is 2.50 bits per heavy atom. The summed E-state index contributed by atoms with van der Waals surface area (Å²) in [5, 5.41) is 5.13. The molecule has 1 aromatic rings. The molecule has 0 radical (unpaired) electrons. The van der Waals surface area contributed by atoms with Gasteiger partial charge < -0.3 is 10.6 Å². The van der Waals surface area contributed by atoms with Crippen molar-refractivity contribution in [2.75, 3.05) is 6.54 Å². The first-order valence-electron chi connectivity index (χ1n) is 5.57. The highest BCUT2D eigenvalue weighted by Gasteiger charge is 2.09. The maximum atomic E-state index is 11.8. The van der Waals surface area contributed by atoms with Crippen molar-refractivity contribution < 1.29 is 9.59 Å². The summed E-state index contributed by atoms with van der Waals surface area (Å²) in [6.07, 6.45) is 3.20. The number of carbonyl (C=O) groups is 2. The van der Waals surface area contributed by atoms with Crippen molar-refractivity contribution in [3.63, 3.8) is 0 Å². The molecule has 18 heavy (non-hydrogen) atoms. The van der Waals surface area contributed by atoms with Gasteiger partial charge in [-0.1, -0.05) is 36.4 Å². The third kappa shape index (κ3) is 4.65. The standard InChI is InChI=1S/C14H16N2O2/c1-3-9-15-14(18)13(16-11(2)17)10-12-7-5-4-6-8-12/h3-8,10H,1,9H2,2H3,(H,15,18)(H,16,17)/b13-10-. The van der Waals surface area contributed by atoms with Gasteiger partial charge >= 0.3 is 0 Å². The molecular weight excluding hydrogens is 228 g/mol. The van der Waals surface area contributed by atoms with Crippen LogP contribution < -0.4 is 10.6 Å². The molecule has 0 aliphatic carbocycles. The monoisotopic (exact) mass is 244 g/mol. The van der Waals surface area contributed by atoms with Gasteiger partial charge in [0.25, 0.3) is 5.91 Å². The lowest BCUT2D eigenvalue weighted by atomic mass is 10.2. The van der Waals surface area contributed by atoms with E-state index < -0.39 is 0 Å². The topological polar surface area (TPSA) is 58.2 Å². The smallest absolute Gasteiger partial charge is 0.268 e. The number of hydrogen-bond donors (Lipinski definition) is 2. The fourth-order valence-corrected chi connectivity index (χ4v) is 1.32. The second kappa shape index (κ2) is 7.06. The molecule has 0 saturated carbocycles. The van der Waals surface area contributed by atoms with E-state index in [9.17, 15) is 9.59 Å². The van der Waals surface area contributed by atoms with Crippen LogP contribution in [-0.2, 0) is 9.59 Å². The molecule has 4 heteroatoms. The van der Waals surface area contributed by atoms with E-state index >= 15 is 0 Å². The minimum absolute atomic E-state index is 0.218. The van der Waals surface area contributed by atoms with Gasteiger partial charge in [-0.25, -0.2) is 0 Å². The van der Waals surface area contributed by atoms with Crippen molar-refractivity contribution in [2.45, 2.75) is 6.92 Å². The summed E-state index contributed by atoms with van der Waals surface area (Å²) in [6, 6.07) is 9.30. The Labute approximate surface area is 106 Å². The zero-order valence-corrected chi connectivity index (χ0v) is 10.3. The summed E-state index contributed by atoms with van der Waals surface area (Å²) in [7, 11) is 0. The molecule has 2 N–H and O–H groups in total. The van der Waals surface area contributed by atoms with Gasteiger partial charge in [0.05, 0.1) is 0 Å². The molecule has 0 atom stereocenters. The summed E-state index contributed by atoms with van der Waals surface area (Å²) in [5.74, 6) is -0.625. The zero-order valence-electron chi connectivity index (χ0n) is 10.3. The molecule has 0 unspecified atom stereocenters. The molecule has 0 fully saturated rings. The zero-order chi connectivity index (χ0) is 13.4. The molecule has 0 aliphatic rings. The fraction of sp³-hybridized carbons (Fsp3) is 0.143. The van der Waals surface area contributed by atoms with Gasteiger partial charge in [0.2, 0.25) is 5.91 Å². The van der Waals surface area contributed by atoms with Crippen molar-refractivity contribution in [3.8, 4) is 0 Å². The first kappa shape index (κ1) is 13.7. The van der Waals surface area contributed by atoms with Crippen LogP contribution in [-0.4, -0.2) is 18.4 Å². The highest BCUT2D eigenvalue weighted by molar-refractivity contribution is 6.00. The summed E-state index contributed by atoms with van der Waals surface area (Å²) >= 11 is 0. The molecular formula is C14H16N2O2. The average Bonchev–Trinajstić information content (AvgIpc) is 2.36. The average molecular weight is 244 g/mol. The number of rotatable bonds is 5. The highest BCUT2D eigenvalue weighted by atomic mass is 16.2. The molecule has 94 valence electrons. The van der Waals surface area contributed by atoms with Crippen LogP contribution in [0.4, 0.5) is 0 Å². The number of benzene rings is 1. The second-order valence-electron chi connectivity index (χ2n) is 3.65. The van der Waals surface area contributed by atoms with Crippen LogP contribution in [0, 0.1) is 0 Å². The maximum absolute atomic E-state index is 11.8. The van der Waals surface area contributed by atoms with Crippen molar-refractivity contribution >= 4 is 17.9 Å². The molecule has 0 aromatic heterocycles. The van der Waals surface area contributed by atoms with Gasteiger partial charge in [-0.2, -0.15) is 0 Å². The fourth-order valence-electron chi connectivity index (χ4n) is 1.32. The quantitative estimate of drug-likeness (QED) is 0.608. The van der Waals surface area contributed by atoms with Crippen molar-refractivity contribution in [3.05, 3.63) is 54.2 Å². The van der Waals surface area contributed by atoms with Crippen molar-refractivity contribution in [1.29, 1.82) is 0 Å². The Kier molecular flexibility index (Phi) is 5.38. The Morgan fingerprint density at radius 2 is 1.94 bits per heavy atom. The van der Waals surface area contributed by atoms with Crippen molar-refractivity contribution in [2.24, 2.45) is 0 Å². The van der Waals surface area contributed by atoms with Crippen LogP contribution in [0.1, 0.15) is 12.5 Å². The highest BCUT2D eigenvalue weighted by Crippen LogP contribution is 2.04. The van der Waals surface area contributed by atoms with E-state index in [-0.39, 0.29) is 17.5 Å². The van der Waals surface area contributed by atoms with Crippen LogP contribution in [0.15, 0.2) is 48.7 Å². The molecule has 2 amide bonds. The number of hydrogen-bond acceptors (Lipinski definition) is 2. The lowest BCUT2D eigenvalue weighted by Gasteiger charge is -2.08. The van der Waals surface area contributed by atoms with Gasteiger partial charge in [-0.15, -0.1) is 6.58 Å². The minimum atomic E-state index is -0.339. The number of carbonyl (C=O) groups excluding carboxylic acids is 2. The van der Waals surface area contributed by atoms with Crippen LogP contribution >= 0.6 is 0 Å². The van der Waals surface area contributed by atoms with E-state index in [1.807, 2.05) is 30.3 Å². The third-order valence-electron chi connectivity index (χ3n) is 2.07. The summed E-state index contributed by atoms with van der Waals surface area (Å²) in [4.78, 5) is 22.9. The molecule has 1 aromatic carbocycles. The van der Waals surface area contributed by atoms with Crippen molar-refractivity contribution in [1.82, 2.24) is 10.6 Å². The van der Waals surface area contributed by atoms with Gasteiger partial charge in [-0.3, -0.25) is 9.59 Å². The SMILES string of the molecule is C=CCNC(=O)/C(=C/c1ccccc1)NC(C)=O. The normalized spacial score (nSPS) is 10.6. The third-order valence-corrected chi connectivity index (χ3v) is 2.07. The van der Waals surface area contributed by atoms with Crippen LogP contribution in [0.2, 0.25) is 0 Å². The van der Waals surface area contributed by atoms with Crippen LogP contribution in [0.3, 0.4) is 0 Å². The molecule has 1 rings (SSSR count). The van der Waals surface area contributed by atoms with E-state index in [1.54, 1.807) is 12.2 Å². The van der Waals surface area contributed by atoms with E-state index in [4.69, 9.17) is 0 Å². The minimum Gasteiger partial charge on any atom is -0.347 e. The Hall–Kier alpha value is -2.36. The Balaban J connectivity index is 2.90. The van der Waals surface area contributed by atoms with Gasteiger partial charge in [0.15, 0.2) is 0 Å². The van der Waals surface area contributed by atoms with E-state index in [0.717, 1.165) is 5.56 Å². The summed E-state index contributed by atoms with van der Waals surface area (Å²) in [5.41, 5.74) is 1.06. The predicted molar refractivity (Wildman–Crippen MR) is 71.4 cm³/mol. The maximum Gasteiger partial charge on any atom is 0.268 e.